The fourth-order valence-electron chi connectivity index (χ4n) is 1.31. The van der Waals surface area contributed by atoms with Crippen LogP contribution in [0.1, 0.15) is 10.4 Å². The lowest BCUT2D eigenvalue weighted by Crippen LogP contribution is -2.39. The molecule has 104 valence electrons. The molecule has 0 saturated heterocycles. The maximum absolute atomic E-state index is 13.4. The van der Waals surface area contributed by atoms with E-state index in [1.54, 1.807) is 14.1 Å². The number of nitrogens with one attached hydrogen (secondary N) is 2. The van der Waals surface area contributed by atoms with Crippen molar-refractivity contribution in [1.82, 2.24) is 15.5 Å². The molecule has 19 heavy (non-hydrogen) atoms. The maximum Gasteiger partial charge on any atom is 0.316 e. The Morgan fingerprint density at radius 3 is 2.47 bits per heavy atom. The second-order valence-corrected chi connectivity index (χ2v) is 4.39. The quantitative estimate of drug-likeness (QED) is 0.824. The number of benzene rings is 1. The molecule has 1 aromatic carbocycles. The van der Waals surface area contributed by atoms with E-state index >= 15 is 0 Å². The molecule has 0 bridgehead atoms. The minimum Gasteiger partial charge on any atom is -0.350 e. The fraction of sp³-hybridized carbons (Fsp3) is 0.333. The number of carbonyl (C=O) groups excluding carboxylic acids is 2. The lowest BCUT2D eigenvalue weighted by molar-refractivity contribution is 0.0950. The Morgan fingerprint density at radius 2 is 1.89 bits per heavy atom. The van der Waals surface area contributed by atoms with Gasteiger partial charge in [-0.3, -0.25) is 4.79 Å². The number of rotatable bonds is 4. The van der Waals surface area contributed by atoms with Gasteiger partial charge in [0, 0.05) is 27.2 Å². The van der Waals surface area contributed by atoms with E-state index in [1.807, 2.05) is 0 Å². The van der Waals surface area contributed by atoms with Gasteiger partial charge in [-0.2, -0.15) is 0 Å². The summed E-state index contributed by atoms with van der Waals surface area (Å²) in [6, 6.07) is 3.76. The summed E-state index contributed by atoms with van der Waals surface area (Å²) in [6.45, 7) is 0.428. The summed E-state index contributed by atoms with van der Waals surface area (Å²) in [7, 11) is 3.21. The second kappa shape index (κ2) is 6.94. The minimum atomic E-state index is -0.678. The largest absolute Gasteiger partial charge is 0.350 e. The van der Waals surface area contributed by atoms with Crippen LogP contribution in [0.15, 0.2) is 18.2 Å². The van der Waals surface area contributed by atoms with Crippen LogP contribution in [0.2, 0.25) is 5.02 Å². The molecular weight excluding hydrogens is 273 g/mol. The van der Waals surface area contributed by atoms with Crippen LogP contribution in [0.25, 0.3) is 0 Å². The first-order chi connectivity index (χ1) is 8.93. The van der Waals surface area contributed by atoms with Crippen molar-refractivity contribution in [3.63, 3.8) is 0 Å². The number of hydrogen-bond donors (Lipinski definition) is 2. The smallest absolute Gasteiger partial charge is 0.316 e. The molecule has 2 N–H and O–H groups in total. The molecule has 0 aliphatic heterocycles. The van der Waals surface area contributed by atoms with Crippen LogP contribution < -0.4 is 10.6 Å². The van der Waals surface area contributed by atoms with Crippen molar-refractivity contribution in [1.29, 1.82) is 0 Å². The predicted octanol–water partition coefficient (Wildman–Crippen LogP) is 1.48. The van der Waals surface area contributed by atoms with Crippen LogP contribution >= 0.6 is 11.6 Å². The van der Waals surface area contributed by atoms with Crippen LogP contribution in [0, 0.1) is 5.82 Å². The van der Waals surface area contributed by atoms with Crippen LogP contribution in [0.4, 0.5) is 9.18 Å². The van der Waals surface area contributed by atoms with Gasteiger partial charge >= 0.3 is 6.03 Å². The zero-order valence-electron chi connectivity index (χ0n) is 10.7. The number of nitrogens with zero attached hydrogens (tertiary/aromatic N) is 1. The molecule has 3 amide bonds. The van der Waals surface area contributed by atoms with Crippen LogP contribution in [-0.4, -0.2) is 44.0 Å². The number of amides is 3. The van der Waals surface area contributed by atoms with Crippen molar-refractivity contribution in [2.45, 2.75) is 0 Å². The van der Waals surface area contributed by atoms with Crippen molar-refractivity contribution < 1.29 is 14.0 Å². The highest BCUT2D eigenvalue weighted by molar-refractivity contribution is 6.33. The van der Waals surface area contributed by atoms with E-state index in [4.69, 9.17) is 11.6 Å². The van der Waals surface area contributed by atoms with Gasteiger partial charge in [0.1, 0.15) is 5.82 Å². The van der Waals surface area contributed by atoms with Crippen molar-refractivity contribution in [2.75, 3.05) is 27.2 Å². The van der Waals surface area contributed by atoms with Gasteiger partial charge in [0.2, 0.25) is 0 Å². The van der Waals surface area contributed by atoms with E-state index in [-0.39, 0.29) is 29.7 Å². The summed E-state index contributed by atoms with van der Waals surface area (Å²) in [6.07, 6.45) is 0. The van der Waals surface area contributed by atoms with Gasteiger partial charge in [-0.25, -0.2) is 9.18 Å². The summed E-state index contributed by atoms with van der Waals surface area (Å²) >= 11 is 5.75. The molecule has 0 spiro atoms. The highest BCUT2D eigenvalue weighted by Gasteiger charge is 2.14. The Hall–Kier alpha value is -1.82. The number of halogens is 2. The molecule has 1 rings (SSSR count). The van der Waals surface area contributed by atoms with Crippen molar-refractivity contribution in [2.24, 2.45) is 0 Å². The van der Waals surface area contributed by atoms with Gasteiger partial charge in [0.15, 0.2) is 0 Å². The van der Waals surface area contributed by atoms with Gasteiger partial charge in [0.05, 0.1) is 10.6 Å². The molecular formula is C12H15ClFN3O2. The average Bonchev–Trinajstić information content (AvgIpc) is 2.34. The molecule has 0 aliphatic rings. The monoisotopic (exact) mass is 287 g/mol. The highest BCUT2D eigenvalue weighted by atomic mass is 35.5. The zero-order valence-corrected chi connectivity index (χ0v) is 11.4. The standard InChI is InChI=1S/C12H15ClFN3O2/c1-17(2)12(19)16-7-6-15-11(18)10-8(13)4-3-5-9(10)14/h3-5H,6-7H2,1-2H3,(H,15,18)(H,16,19). The Balaban J connectivity index is 2.46. The third-order valence-electron chi connectivity index (χ3n) is 2.28. The van der Waals surface area contributed by atoms with E-state index in [9.17, 15) is 14.0 Å². The molecule has 0 fully saturated rings. The third-order valence-corrected chi connectivity index (χ3v) is 2.60. The van der Waals surface area contributed by atoms with Crippen molar-refractivity contribution in [3.8, 4) is 0 Å². The van der Waals surface area contributed by atoms with Gasteiger partial charge in [-0.05, 0) is 12.1 Å². The van der Waals surface area contributed by atoms with Crippen LogP contribution in [0.3, 0.4) is 0 Å². The third kappa shape index (κ3) is 4.40. The Morgan fingerprint density at radius 1 is 1.26 bits per heavy atom. The Kier molecular flexibility index (Phi) is 5.57. The van der Waals surface area contributed by atoms with E-state index < -0.39 is 11.7 Å². The number of hydrogen-bond acceptors (Lipinski definition) is 2. The van der Waals surface area contributed by atoms with E-state index in [1.165, 1.54) is 17.0 Å². The SMILES string of the molecule is CN(C)C(=O)NCCNC(=O)c1c(F)cccc1Cl. The van der Waals surface area contributed by atoms with Crippen LogP contribution in [0.5, 0.6) is 0 Å². The first kappa shape index (κ1) is 15.2. The minimum absolute atomic E-state index is 0.0508. The predicted molar refractivity (Wildman–Crippen MR) is 70.8 cm³/mol. The molecule has 5 nitrogen and oxygen atoms in total. The highest BCUT2D eigenvalue weighted by Crippen LogP contribution is 2.18. The molecule has 1 aromatic rings. The summed E-state index contributed by atoms with van der Waals surface area (Å²) in [4.78, 5) is 24.3. The van der Waals surface area contributed by atoms with Gasteiger partial charge in [0.25, 0.3) is 5.91 Å². The first-order valence-electron chi connectivity index (χ1n) is 5.61. The van der Waals surface area contributed by atoms with Crippen molar-refractivity contribution >= 4 is 23.5 Å². The summed E-state index contributed by atoms with van der Waals surface area (Å²) in [5.74, 6) is -1.29. The molecule has 0 saturated carbocycles. The molecule has 0 aromatic heterocycles. The number of carbonyl (C=O) groups is 2. The Bertz CT molecular complexity index is 460. The number of urea groups is 1. The van der Waals surface area contributed by atoms with Crippen LogP contribution in [-0.2, 0) is 0 Å². The lowest BCUT2D eigenvalue weighted by Gasteiger charge is -2.12. The normalized spacial score (nSPS) is 9.89. The van der Waals surface area contributed by atoms with E-state index in [0.29, 0.717) is 0 Å². The summed E-state index contributed by atoms with van der Waals surface area (Å²) in [5.41, 5.74) is -0.192. The van der Waals surface area contributed by atoms with Gasteiger partial charge in [-0.15, -0.1) is 0 Å². The fourth-order valence-corrected chi connectivity index (χ4v) is 1.56. The second-order valence-electron chi connectivity index (χ2n) is 3.98. The molecule has 0 heterocycles. The van der Waals surface area contributed by atoms with E-state index in [0.717, 1.165) is 6.07 Å². The molecule has 7 heteroatoms. The zero-order chi connectivity index (χ0) is 14.4. The lowest BCUT2D eigenvalue weighted by atomic mass is 10.2. The van der Waals surface area contributed by atoms with Gasteiger partial charge < -0.3 is 15.5 Å². The Labute approximate surface area is 115 Å². The van der Waals surface area contributed by atoms with Gasteiger partial charge in [-0.1, -0.05) is 17.7 Å². The molecule has 0 unspecified atom stereocenters. The maximum atomic E-state index is 13.4. The molecule has 0 atom stereocenters. The summed E-state index contributed by atoms with van der Waals surface area (Å²) < 4.78 is 13.4. The van der Waals surface area contributed by atoms with Crippen molar-refractivity contribution in [3.05, 3.63) is 34.6 Å². The summed E-state index contributed by atoms with van der Waals surface area (Å²) in [5, 5.41) is 5.09. The molecule has 0 radical (unpaired) electrons. The average molecular weight is 288 g/mol. The first-order valence-corrected chi connectivity index (χ1v) is 5.98. The molecule has 0 aliphatic carbocycles. The topological polar surface area (TPSA) is 61.4 Å². The van der Waals surface area contributed by atoms with E-state index in [2.05, 4.69) is 10.6 Å².